The van der Waals surface area contributed by atoms with Crippen molar-refractivity contribution in [2.45, 2.75) is 17.7 Å². The number of carbonyl (C=O) groups is 1. The van der Waals surface area contributed by atoms with Gasteiger partial charge in [-0.3, -0.25) is 4.79 Å². The van der Waals surface area contributed by atoms with Gasteiger partial charge in [-0.15, -0.1) is 11.3 Å². The molecule has 8 heteroatoms. The lowest BCUT2D eigenvalue weighted by atomic mass is 10.3. The fourth-order valence-electron chi connectivity index (χ4n) is 2.44. The molecule has 0 saturated heterocycles. The molecule has 0 aliphatic carbocycles. The summed E-state index contributed by atoms with van der Waals surface area (Å²) >= 11 is 1.51. The molecule has 0 bridgehead atoms. The molecular weight excluding hydrogens is 372 g/mol. The Balaban J connectivity index is 1.69. The van der Waals surface area contributed by atoms with Crippen molar-refractivity contribution in [2.24, 2.45) is 0 Å². The molecule has 0 atom stereocenters. The van der Waals surface area contributed by atoms with Crippen LogP contribution in [0.15, 0.2) is 53.4 Å². The molecule has 0 unspecified atom stereocenters. The molecule has 0 N–H and O–H groups in total. The number of carbonyl (C=O) groups excluding carboxylic acids is 1. The van der Waals surface area contributed by atoms with E-state index >= 15 is 0 Å². The fourth-order valence-corrected chi connectivity index (χ4v) is 4.56. The van der Waals surface area contributed by atoms with Gasteiger partial charge >= 0.3 is 0 Å². The van der Waals surface area contributed by atoms with Crippen LogP contribution >= 0.6 is 11.3 Å². The van der Waals surface area contributed by atoms with E-state index in [2.05, 4.69) is 4.98 Å². The molecule has 2 aromatic carbocycles. The van der Waals surface area contributed by atoms with Crippen LogP contribution in [0.3, 0.4) is 0 Å². The highest BCUT2D eigenvalue weighted by molar-refractivity contribution is 7.89. The van der Waals surface area contributed by atoms with E-state index in [0.717, 1.165) is 19.5 Å². The number of ether oxygens (including phenoxy) is 1. The molecular formula is C18H18N2O4S2. The number of amides is 1. The third kappa shape index (κ3) is 3.71. The van der Waals surface area contributed by atoms with Crippen molar-refractivity contribution < 1.29 is 17.9 Å². The number of aryl methyl sites for hydroxylation is 1. The monoisotopic (exact) mass is 390 g/mol. The molecule has 0 radical (unpaired) electrons. The van der Waals surface area contributed by atoms with Crippen molar-refractivity contribution in [2.75, 3.05) is 14.2 Å². The summed E-state index contributed by atoms with van der Waals surface area (Å²) in [5.74, 6) is 0.0776. The molecule has 1 amide bonds. The number of para-hydroxylation sites is 1. The lowest BCUT2D eigenvalue weighted by Crippen LogP contribution is -2.33. The van der Waals surface area contributed by atoms with Crippen molar-refractivity contribution in [3.8, 4) is 5.75 Å². The van der Waals surface area contributed by atoms with Gasteiger partial charge < -0.3 is 4.74 Å². The first kappa shape index (κ1) is 18.3. The largest absolute Gasteiger partial charge is 0.497 e. The van der Waals surface area contributed by atoms with Crippen LogP contribution in [0, 0.1) is 0 Å². The van der Waals surface area contributed by atoms with Crippen molar-refractivity contribution in [1.82, 2.24) is 9.29 Å². The lowest BCUT2D eigenvalue weighted by Gasteiger charge is -2.17. The van der Waals surface area contributed by atoms with E-state index in [-0.39, 0.29) is 11.3 Å². The molecule has 0 aliphatic heterocycles. The van der Waals surface area contributed by atoms with Crippen LogP contribution in [-0.2, 0) is 21.2 Å². The standard InChI is InChI=1S/C18H18N2O4S2/c1-20(26(22,23)14-9-7-13(24-2)8-10-14)18(21)12-11-17-19-15-5-3-4-6-16(15)25-17/h3-10H,11-12H2,1-2H3. The second-order valence-corrected chi connectivity index (χ2v) is 8.70. The number of fused-ring (bicyclic) bond motifs is 1. The number of aromatic nitrogens is 1. The van der Waals surface area contributed by atoms with Crippen LogP contribution in [-0.4, -0.2) is 37.8 Å². The second-order valence-electron chi connectivity index (χ2n) is 5.62. The number of nitrogens with zero attached hydrogens (tertiary/aromatic N) is 2. The Morgan fingerprint density at radius 3 is 2.50 bits per heavy atom. The molecule has 1 heterocycles. The van der Waals surface area contributed by atoms with E-state index in [1.54, 1.807) is 12.1 Å². The van der Waals surface area contributed by atoms with Crippen LogP contribution < -0.4 is 4.74 Å². The topological polar surface area (TPSA) is 76.6 Å². The SMILES string of the molecule is COc1ccc(S(=O)(=O)N(C)C(=O)CCc2nc3ccccc3s2)cc1. The van der Waals surface area contributed by atoms with Gasteiger partial charge in [-0.1, -0.05) is 12.1 Å². The third-order valence-electron chi connectivity index (χ3n) is 3.96. The summed E-state index contributed by atoms with van der Waals surface area (Å²) in [7, 11) is -1.10. The Bertz CT molecular complexity index is 994. The van der Waals surface area contributed by atoms with Gasteiger partial charge in [0.05, 0.1) is 27.2 Å². The Morgan fingerprint density at radius 2 is 1.85 bits per heavy atom. The molecule has 6 nitrogen and oxygen atoms in total. The summed E-state index contributed by atoms with van der Waals surface area (Å²) in [6.45, 7) is 0. The number of thiazole rings is 1. The minimum absolute atomic E-state index is 0.0501. The average Bonchev–Trinajstić information content (AvgIpc) is 3.08. The van der Waals surface area contributed by atoms with Gasteiger partial charge in [0.15, 0.2) is 0 Å². The molecule has 136 valence electrons. The van der Waals surface area contributed by atoms with Crippen LogP contribution in [0.25, 0.3) is 10.2 Å². The number of hydrogen-bond donors (Lipinski definition) is 0. The van der Waals surface area contributed by atoms with E-state index < -0.39 is 15.9 Å². The predicted octanol–water partition coefficient (Wildman–Crippen LogP) is 3.08. The maximum absolute atomic E-state index is 12.6. The third-order valence-corrected chi connectivity index (χ3v) is 6.85. The van der Waals surface area contributed by atoms with E-state index in [0.29, 0.717) is 12.2 Å². The van der Waals surface area contributed by atoms with E-state index in [1.807, 2.05) is 24.3 Å². The molecule has 3 rings (SSSR count). The Kier molecular flexibility index (Phi) is 5.24. The van der Waals surface area contributed by atoms with Crippen molar-refractivity contribution in [3.05, 3.63) is 53.5 Å². The van der Waals surface area contributed by atoms with Gasteiger partial charge in [0.25, 0.3) is 10.0 Å². The smallest absolute Gasteiger partial charge is 0.266 e. The average molecular weight is 390 g/mol. The highest BCUT2D eigenvalue weighted by Crippen LogP contribution is 2.23. The number of rotatable bonds is 6. The van der Waals surface area contributed by atoms with Gasteiger partial charge in [-0.05, 0) is 36.4 Å². The quantitative estimate of drug-likeness (QED) is 0.646. The number of methoxy groups -OCH3 is 1. The summed E-state index contributed by atoms with van der Waals surface area (Å²) in [5.41, 5.74) is 0.888. The van der Waals surface area contributed by atoms with Crippen molar-refractivity contribution >= 4 is 37.5 Å². The molecule has 26 heavy (non-hydrogen) atoms. The maximum atomic E-state index is 12.6. The van der Waals surface area contributed by atoms with Crippen LogP contribution in [0.5, 0.6) is 5.75 Å². The zero-order valence-electron chi connectivity index (χ0n) is 14.4. The molecule has 3 aromatic rings. The van der Waals surface area contributed by atoms with Gasteiger partial charge in [0.2, 0.25) is 5.91 Å². The Labute approximate surface area is 156 Å². The fraction of sp³-hybridized carbons (Fsp3) is 0.222. The van der Waals surface area contributed by atoms with Crippen LogP contribution in [0.1, 0.15) is 11.4 Å². The van der Waals surface area contributed by atoms with Crippen molar-refractivity contribution in [3.63, 3.8) is 0 Å². The van der Waals surface area contributed by atoms with Gasteiger partial charge in [-0.25, -0.2) is 17.7 Å². The number of hydrogen-bond acceptors (Lipinski definition) is 6. The normalized spacial score (nSPS) is 11.5. The first-order valence-electron chi connectivity index (χ1n) is 7.92. The molecule has 1 aromatic heterocycles. The molecule has 0 spiro atoms. The van der Waals surface area contributed by atoms with Crippen LogP contribution in [0.2, 0.25) is 0 Å². The minimum atomic E-state index is -3.88. The van der Waals surface area contributed by atoms with Crippen LogP contribution in [0.4, 0.5) is 0 Å². The first-order valence-corrected chi connectivity index (χ1v) is 10.2. The van der Waals surface area contributed by atoms with E-state index in [4.69, 9.17) is 4.74 Å². The van der Waals surface area contributed by atoms with Gasteiger partial charge in [0, 0.05) is 19.9 Å². The summed E-state index contributed by atoms with van der Waals surface area (Å²) in [4.78, 5) is 16.9. The minimum Gasteiger partial charge on any atom is -0.497 e. The zero-order valence-corrected chi connectivity index (χ0v) is 16.0. The molecule has 0 fully saturated rings. The summed E-state index contributed by atoms with van der Waals surface area (Å²) in [5, 5.41) is 0.815. The summed E-state index contributed by atoms with van der Waals surface area (Å²) in [6, 6.07) is 13.7. The van der Waals surface area contributed by atoms with E-state index in [9.17, 15) is 13.2 Å². The number of benzene rings is 2. The lowest BCUT2D eigenvalue weighted by molar-refractivity contribution is -0.125. The zero-order chi connectivity index (χ0) is 18.7. The van der Waals surface area contributed by atoms with Gasteiger partial charge in [0.1, 0.15) is 5.75 Å². The summed E-state index contributed by atoms with van der Waals surface area (Å²) in [6.07, 6.45) is 0.479. The number of sulfonamides is 1. The first-order chi connectivity index (χ1) is 12.4. The highest BCUT2D eigenvalue weighted by Gasteiger charge is 2.25. The van der Waals surface area contributed by atoms with Crippen molar-refractivity contribution in [1.29, 1.82) is 0 Å². The Hall–Kier alpha value is -2.45. The molecule has 0 saturated carbocycles. The molecule has 0 aliphatic rings. The predicted molar refractivity (Wildman–Crippen MR) is 101 cm³/mol. The van der Waals surface area contributed by atoms with E-state index in [1.165, 1.54) is 37.6 Å². The summed E-state index contributed by atoms with van der Waals surface area (Å²) < 4.78 is 32.0. The highest BCUT2D eigenvalue weighted by atomic mass is 32.2. The second kappa shape index (κ2) is 7.43. The maximum Gasteiger partial charge on any atom is 0.266 e. The van der Waals surface area contributed by atoms with Gasteiger partial charge in [-0.2, -0.15) is 0 Å². The Morgan fingerprint density at radius 1 is 1.15 bits per heavy atom.